The molecule has 0 aliphatic carbocycles. The van der Waals surface area contributed by atoms with Crippen LogP contribution in [0.4, 0.5) is 5.69 Å². The van der Waals surface area contributed by atoms with Crippen molar-refractivity contribution < 1.29 is 19.1 Å². The Morgan fingerprint density at radius 3 is 2.59 bits per heavy atom. The van der Waals surface area contributed by atoms with E-state index in [2.05, 4.69) is 4.99 Å². The summed E-state index contributed by atoms with van der Waals surface area (Å²) in [6.07, 6.45) is 3.73. The number of carbonyl (C=O) groups excluding carboxylic acids is 2. The van der Waals surface area contributed by atoms with Gasteiger partial charge in [-0.25, -0.2) is 4.99 Å². The van der Waals surface area contributed by atoms with Crippen molar-refractivity contribution in [3.63, 3.8) is 0 Å². The second-order valence-electron chi connectivity index (χ2n) is 7.10. The third-order valence-electron chi connectivity index (χ3n) is 5.02. The minimum Gasteiger partial charge on any atom is -0.468 e. The second-order valence-corrected chi connectivity index (χ2v) is 8.10. The molecule has 32 heavy (non-hydrogen) atoms. The third-order valence-corrected chi connectivity index (χ3v) is 6.03. The number of hydrogen-bond acceptors (Lipinski definition) is 6. The molecule has 0 N–H and O–H groups in total. The van der Waals surface area contributed by atoms with Crippen LogP contribution in [0, 0.1) is 0 Å². The van der Waals surface area contributed by atoms with Crippen LogP contribution in [0.1, 0.15) is 5.56 Å². The summed E-state index contributed by atoms with van der Waals surface area (Å²) in [4.78, 5) is 31.9. The number of amidine groups is 1. The second kappa shape index (κ2) is 9.84. The number of fused-ring (bicyclic) bond motifs is 1. The van der Waals surface area contributed by atoms with Gasteiger partial charge in [0.05, 0.1) is 30.9 Å². The van der Waals surface area contributed by atoms with Crippen molar-refractivity contribution in [1.82, 2.24) is 9.47 Å². The Bertz CT molecular complexity index is 1200. The third kappa shape index (κ3) is 4.61. The van der Waals surface area contributed by atoms with Crippen LogP contribution in [0.25, 0.3) is 17.0 Å². The zero-order valence-electron chi connectivity index (χ0n) is 17.9. The Labute approximate surface area is 190 Å². The highest BCUT2D eigenvalue weighted by atomic mass is 32.2. The predicted molar refractivity (Wildman–Crippen MR) is 127 cm³/mol. The number of rotatable bonds is 7. The summed E-state index contributed by atoms with van der Waals surface area (Å²) in [5.74, 6) is -0.453. The van der Waals surface area contributed by atoms with Gasteiger partial charge in [-0.15, -0.1) is 0 Å². The van der Waals surface area contributed by atoms with E-state index >= 15 is 0 Å². The Hall–Kier alpha value is -3.36. The normalized spacial score (nSPS) is 16.4. The van der Waals surface area contributed by atoms with E-state index in [1.165, 1.54) is 18.9 Å². The number of aliphatic imine (C=N–C) groups is 1. The summed E-state index contributed by atoms with van der Waals surface area (Å²) in [5.41, 5.74) is 2.53. The molecule has 1 aromatic heterocycles. The van der Waals surface area contributed by atoms with Gasteiger partial charge in [-0.3, -0.25) is 14.5 Å². The van der Waals surface area contributed by atoms with E-state index in [-0.39, 0.29) is 18.4 Å². The summed E-state index contributed by atoms with van der Waals surface area (Å²) in [6, 6.07) is 17.3. The maximum atomic E-state index is 13.2. The van der Waals surface area contributed by atoms with Gasteiger partial charge in [-0.2, -0.15) is 0 Å². The SMILES string of the molecule is COCCN1C(=O)C(=Cc2cn(CC(=O)OC)c3ccccc23)SC1=Nc1ccccc1. The first-order chi connectivity index (χ1) is 15.6. The lowest BCUT2D eigenvalue weighted by molar-refractivity contribution is -0.141. The van der Waals surface area contributed by atoms with Crippen molar-refractivity contribution in [3.8, 4) is 0 Å². The highest BCUT2D eigenvalue weighted by molar-refractivity contribution is 8.18. The van der Waals surface area contributed by atoms with E-state index < -0.39 is 0 Å². The van der Waals surface area contributed by atoms with Crippen molar-refractivity contribution in [2.75, 3.05) is 27.4 Å². The number of ether oxygens (including phenoxy) is 2. The number of aromatic nitrogens is 1. The molecule has 1 saturated heterocycles. The first-order valence-corrected chi connectivity index (χ1v) is 10.9. The Balaban J connectivity index is 1.72. The molecule has 1 fully saturated rings. The number of thioether (sulfide) groups is 1. The van der Waals surface area contributed by atoms with E-state index in [0.29, 0.717) is 23.2 Å². The number of carbonyl (C=O) groups is 2. The lowest BCUT2D eigenvalue weighted by atomic mass is 10.1. The van der Waals surface area contributed by atoms with Crippen LogP contribution in [0.3, 0.4) is 0 Å². The molecule has 3 aromatic rings. The fraction of sp³-hybridized carbons (Fsp3) is 0.208. The van der Waals surface area contributed by atoms with E-state index in [4.69, 9.17) is 9.47 Å². The highest BCUT2D eigenvalue weighted by Crippen LogP contribution is 2.35. The summed E-state index contributed by atoms with van der Waals surface area (Å²) < 4.78 is 11.8. The largest absolute Gasteiger partial charge is 0.468 e. The quantitative estimate of drug-likeness (QED) is 0.402. The lowest BCUT2D eigenvalue weighted by Crippen LogP contribution is -2.32. The number of nitrogens with zero attached hydrogens (tertiary/aromatic N) is 3. The molecule has 4 rings (SSSR count). The Kier molecular flexibility index (Phi) is 6.72. The topological polar surface area (TPSA) is 73.1 Å². The van der Waals surface area contributed by atoms with Crippen molar-refractivity contribution in [2.24, 2.45) is 4.99 Å². The Morgan fingerprint density at radius 2 is 1.84 bits per heavy atom. The minimum absolute atomic E-state index is 0.0992. The van der Waals surface area contributed by atoms with Crippen LogP contribution in [0.15, 0.2) is 70.7 Å². The smallest absolute Gasteiger partial charge is 0.325 e. The molecule has 2 heterocycles. The van der Waals surface area contributed by atoms with Gasteiger partial charge in [0.2, 0.25) is 0 Å². The van der Waals surface area contributed by atoms with Crippen LogP contribution in [-0.4, -0.2) is 53.9 Å². The van der Waals surface area contributed by atoms with Gasteiger partial charge in [0.25, 0.3) is 5.91 Å². The molecule has 8 heteroatoms. The molecule has 0 bridgehead atoms. The van der Waals surface area contributed by atoms with Crippen LogP contribution < -0.4 is 0 Å². The highest BCUT2D eigenvalue weighted by Gasteiger charge is 2.33. The van der Waals surface area contributed by atoms with Crippen molar-refractivity contribution >= 4 is 51.5 Å². The summed E-state index contributed by atoms with van der Waals surface area (Å²) in [5, 5.41) is 1.57. The van der Waals surface area contributed by atoms with E-state index in [9.17, 15) is 9.59 Å². The van der Waals surface area contributed by atoms with Gasteiger partial charge in [-0.05, 0) is 36.0 Å². The van der Waals surface area contributed by atoms with Crippen molar-refractivity contribution in [1.29, 1.82) is 0 Å². The van der Waals surface area contributed by atoms with Gasteiger partial charge >= 0.3 is 5.97 Å². The molecule has 0 saturated carbocycles. The van der Waals surface area contributed by atoms with Crippen LogP contribution in [-0.2, 0) is 25.6 Å². The van der Waals surface area contributed by atoms with Gasteiger partial charge in [0.1, 0.15) is 6.54 Å². The standard InChI is InChI=1S/C24H23N3O4S/c1-30-13-12-27-23(29)21(32-24(27)25-18-8-4-3-5-9-18)14-17-15-26(16-22(28)31-2)20-11-7-6-10-19(17)20/h3-11,14-15H,12-13,16H2,1-2H3. The van der Waals surface area contributed by atoms with E-state index in [1.54, 1.807) is 12.0 Å². The number of para-hydroxylation sites is 2. The zero-order valence-corrected chi connectivity index (χ0v) is 18.7. The molecule has 0 radical (unpaired) electrons. The molecule has 0 unspecified atom stereocenters. The molecule has 1 aliphatic heterocycles. The number of hydrogen-bond donors (Lipinski definition) is 0. The number of benzene rings is 2. The first kappa shape index (κ1) is 21.9. The predicted octanol–water partition coefficient (Wildman–Crippen LogP) is 4.06. The lowest BCUT2D eigenvalue weighted by Gasteiger charge is -2.14. The van der Waals surface area contributed by atoms with E-state index in [0.717, 1.165) is 22.2 Å². The Morgan fingerprint density at radius 1 is 1.09 bits per heavy atom. The van der Waals surface area contributed by atoms with Gasteiger partial charge in [0.15, 0.2) is 5.17 Å². The maximum Gasteiger partial charge on any atom is 0.325 e. The average molecular weight is 450 g/mol. The van der Waals surface area contributed by atoms with E-state index in [1.807, 2.05) is 71.4 Å². The van der Waals surface area contributed by atoms with Gasteiger partial charge in [-0.1, -0.05) is 36.4 Å². The minimum atomic E-state index is -0.334. The number of amides is 1. The van der Waals surface area contributed by atoms with Crippen molar-refractivity contribution in [3.05, 3.63) is 71.3 Å². The molecule has 7 nitrogen and oxygen atoms in total. The van der Waals surface area contributed by atoms with Crippen LogP contribution >= 0.6 is 11.8 Å². The number of esters is 1. The zero-order chi connectivity index (χ0) is 22.5. The number of methoxy groups -OCH3 is 2. The molecule has 1 aliphatic rings. The van der Waals surface area contributed by atoms with Crippen LogP contribution in [0.2, 0.25) is 0 Å². The van der Waals surface area contributed by atoms with Crippen LogP contribution in [0.5, 0.6) is 0 Å². The first-order valence-electron chi connectivity index (χ1n) is 10.1. The summed E-state index contributed by atoms with van der Waals surface area (Å²) in [6.45, 7) is 0.920. The summed E-state index contributed by atoms with van der Waals surface area (Å²) in [7, 11) is 2.97. The molecular formula is C24H23N3O4S. The maximum absolute atomic E-state index is 13.2. The summed E-state index contributed by atoms with van der Waals surface area (Å²) >= 11 is 1.33. The fourth-order valence-electron chi connectivity index (χ4n) is 3.45. The molecule has 0 spiro atoms. The fourth-order valence-corrected chi connectivity index (χ4v) is 4.47. The molecular weight excluding hydrogens is 426 g/mol. The molecule has 1 amide bonds. The average Bonchev–Trinajstić information content (AvgIpc) is 3.30. The molecule has 2 aromatic carbocycles. The van der Waals surface area contributed by atoms with Crippen molar-refractivity contribution in [2.45, 2.75) is 6.54 Å². The van der Waals surface area contributed by atoms with Gasteiger partial charge in [0, 0.05) is 29.8 Å². The molecule has 0 atom stereocenters. The monoisotopic (exact) mass is 449 g/mol. The molecule has 164 valence electrons. The van der Waals surface area contributed by atoms with Gasteiger partial charge < -0.3 is 14.0 Å².